The minimum atomic E-state index is -0.771. The van der Waals surface area contributed by atoms with Crippen LogP contribution in [-0.4, -0.2) is 22.2 Å². The van der Waals surface area contributed by atoms with Crippen LogP contribution >= 0.6 is 0 Å². The van der Waals surface area contributed by atoms with Crippen LogP contribution in [0.5, 0.6) is 0 Å². The van der Waals surface area contributed by atoms with Crippen molar-refractivity contribution in [3.05, 3.63) is 210 Å². The van der Waals surface area contributed by atoms with Gasteiger partial charge in [0.15, 0.2) is 6.17 Å². The highest BCUT2D eigenvalue weighted by Gasteiger charge is 2.51. The predicted octanol–water partition coefficient (Wildman–Crippen LogP) is 11.8. The quantitative estimate of drug-likeness (QED) is 0.181. The highest BCUT2D eigenvalue weighted by Crippen LogP contribution is 2.57. The highest BCUT2D eigenvalue weighted by atomic mass is 15.2. The molecule has 13 rings (SSSR count). The molecular weight excluding hydrogens is 681 g/mol. The second-order valence-electron chi connectivity index (χ2n) is 15.3. The van der Waals surface area contributed by atoms with Crippen molar-refractivity contribution in [1.82, 2.24) is 9.72 Å². The second kappa shape index (κ2) is 10.9. The summed E-state index contributed by atoms with van der Waals surface area (Å²) < 4.78 is 2.49. The summed E-state index contributed by atoms with van der Waals surface area (Å²) in [5, 5.41) is 16.4. The number of benzene rings is 9. The smallest absolute Gasteiger partial charge is 0.162 e. The first-order valence-electron chi connectivity index (χ1n) is 19.4. The van der Waals surface area contributed by atoms with Gasteiger partial charge in [-0.2, -0.15) is 0 Å². The minimum Gasteiger partial charge on any atom is -0.324 e. The Hall–Kier alpha value is -7.30. The van der Waals surface area contributed by atoms with Gasteiger partial charge in [-0.25, -0.2) is 9.98 Å². The SMILES string of the molecule is c1ccc(C2=NC(C3(c4ccc5c6cccc7c8ccccc8n(c5c4)c76)c4cccc5c6ccccc6c6cccc3c6c45)N=C(c3ccccc3)N2)cc1. The Balaban J connectivity index is 1.21. The fourth-order valence-corrected chi connectivity index (χ4v) is 10.4. The van der Waals surface area contributed by atoms with Crippen molar-refractivity contribution in [2.75, 3.05) is 0 Å². The van der Waals surface area contributed by atoms with Crippen LogP contribution < -0.4 is 5.32 Å². The summed E-state index contributed by atoms with van der Waals surface area (Å²) in [4.78, 5) is 11.4. The monoisotopic (exact) mass is 712 g/mol. The van der Waals surface area contributed by atoms with E-state index in [1.165, 1.54) is 87.1 Å². The Bertz CT molecular complexity index is 3370. The summed E-state index contributed by atoms with van der Waals surface area (Å²) in [6.07, 6.45) is -0.538. The van der Waals surface area contributed by atoms with Gasteiger partial charge in [0.05, 0.1) is 22.0 Å². The standard InChI is InChI=1S/C52H32N4/c1-3-14-31(15-4-1)49-53-50(32-16-5-2-6-17-32)55-51(54-49)52(42-25-12-21-38-34-18-7-8-19-35(34)39-22-13-26-43(52)47(39)46(38)42)33-28-29-37-41-24-11-23-40-36-20-9-10-27-44(36)56(48(40)41)45(37)30-33/h1-30,51H,(H,53,54,55). The van der Waals surface area contributed by atoms with Crippen LogP contribution in [0, 0.1) is 0 Å². The molecule has 0 bridgehead atoms. The average molecular weight is 713 g/mol. The van der Waals surface area contributed by atoms with Gasteiger partial charge in [0, 0.05) is 32.7 Å². The third kappa shape index (κ3) is 3.73. The molecule has 0 fully saturated rings. The van der Waals surface area contributed by atoms with Crippen molar-refractivity contribution in [3.8, 4) is 0 Å². The molecule has 2 aromatic heterocycles. The number of fused-ring (bicyclic) bond motifs is 9. The summed E-state index contributed by atoms with van der Waals surface area (Å²) in [6.45, 7) is 0. The van der Waals surface area contributed by atoms with Gasteiger partial charge in [-0.15, -0.1) is 0 Å². The van der Waals surface area contributed by atoms with Gasteiger partial charge in [-0.1, -0.05) is 170 Å². The van der Waals surface area contributed by atoms with E-state index in [9.17, 15) is 0 Å². The molecule has 1 aliphatic carbocycles. The third-order valence-corrected chi connectivity index (χ3v) is 12.6. The number of aromatic nitrogens is 1. The van der Waals surface area contributed by atoms with Crippen LogP contribution in [0.4, 0.5) is 0 Å². The maximum atomic E-state index is 5.71. The number of amidine groups is 2. The molecular formula is C52H32N4. The summed E-state index contributed by atoms with van der Waals surface area (Å²) in [6, 6.07) is 66.4. The number of hydrogen-bond donors (Lipinski definition) is 1. The number of hydrogen-bond acceptors (Lipinski definition) is 3. The van der Waals surface area contributed by atoms with E-state index >= 15 is 0 Å². The van der Waals surface area contributed by atoms with Crippen molar-refractivity contribution < 1.29 is 0 Å². The van der Waals surface area contributed by atoms with Gasteiger partial charge in [-0.3, -0.25) is 0 Å². The molecule has 2 aliphatic rings. The Morgan fingerprint density at radius 2 is 0.893 bits per heavy atom. The van der Waals surface area contributed by atoms with E-state index in [-0.39, 0.29) is 0 Å². The molecule has 9 aromatic carbocycles. The first-order valence-corrected chi connectivity index (χ1v) is 19.4. The lowest BCUT2D eigenvalue weighted by Gasteiger charge is -2.39. The summed E-state index contributed by atoms with van der Waals surface area (Å²) in [7, 11) is 0. The number of aliphatic imine (C=N–C) groups is 2. The topological polar surface area (TPSA) is 41.2 Å². The van der Waals surface area contributed by atoms with Crippen LogP contribution in [0.15, 0.2) is 192 Å². The zero-order chi connectivity index (χ0) is 36.5. The molecule has 0 radical (unpaired) electrons. The molecule has 260 valence electrons. The summed E-state index contributed by atoms with van der Waals surface area (Å²) in [5.41, 5.74) is 8.63. The van der Waals surface area contributed by atoms with Gasteiger partial charge in [0.2, 0.25) is 0 Å². The first-order chi connectivity index (χ1) is 27.8. The molecule has 4 heteroatoms. The maximum absolute atomic E-state index is 5.71. The lowest BCUT2D eigenvalue weighted by molar-refractivity contribution is 0.498. The van der Waals surface area contributed by atoms with Gasteiger partial charge < -0.3 is 9.72 Å². The maximum Gasteiger partial charge on any atom is 0.162 e. The largest absolute Gasteiger partial charge is 0.324 e. The van der Waals surface area contributed by atoms with Crippen LogP contribution in [0.25, 0.3) is 70.4 Å². The molecule has 56 heavy (non-hydrogen) atoms. The van der Waals surface area contributed by atoms with Gasteiger partial charge in [0.1, 0.15) is 11.7 Å². The summed E-state index contributed by atoms with van der Waals surface area (Å²) >= 11 is 0. The normalized spacial score (nSPS) is 15.2. The lowest BCUT2D eigenvalue weighted by Crippen LogP contribution is -2.46. The van der Waals surface area contributed by atoms with E-state index in [1.807, 2.05) is 0 Å². The van der Waals surface area contributed by atoms with Crippen LogP contribution in [0.2, 0.25) is 0 Å². The summed E-state index contributed by atoms with van der Waals surface area (Å²) in [5.74, 6) is 1.63. The fourth-order valence-electron chi connectivity index (χ4n) is 10.4. The minimum absolute atomic E-state index is 0.538. The lowest BCUT2D eigenvalue weighted by atomic mass is 9.69. The van der Waals surface area contributed by atoms with Crippen molar-refractivity contribution in [3.63, 3.8) is 0 Å². The van der Waals surface area contributed by atoms with Gasteiger partial charge in [-0.05, 0) is 61.1 Å². The zero-order valence-corrected chi connectivity index (χ0v) is 30.2. The second-order valence-corrected chi connectivity index (χ2v) is 15.3. The van der Waals surface area contributed by atoms with Crippen LogP contribution in [-0.2, 0) is 5.41 Å². The third-order valence-electron chi connectivity index (χ3n) is 12.6. The highest BCUT2D eigenvalue weighted by molar-refractivity contribution is 6.30. The van der Waals surface area contributed by atoms with E-state index in [0.717, 1.165) is 22.8 Å². The molecule has 11 aromatic rings. The van der Waals surface area contributed by atoms with Crippen molar-refractivity contribution >= 4 is 82.1 Å². The van der Waals surface area contributed by atoms with Crippen molar-refractivity contribution in [1.29, 1.82) is 0 Å². The molecule has 0 spiro atoms. The number of nitrogens with one attached hydrogen (secondary N) is 1. The molecule has 0 unspecified atom stereocenters. The number of para-hydroxylation sites is 2. The predicted molar refractivity (Wildman–Crippen MR) is 233 cm³/mol. The van der Waals surface area contributed by atoms with Crippen molar-refractivity contribution in [2.45, 2.75) is 11.6 Å². The Morgan fingerprint density at radius 1 is 0.411 bits per heavy atom. The molecule has 0 saturated heterocycles. The van der Waals surface area contributed by atoms with E-state index in [2.05, 4.69) is 192 Å². The van der Waals surface area contributed by atoms with Gasteiger partial charge >= 0.3 is 0 Å². The molecule has 3 heterocycles. The first kappa shape index (κ1) is 30.1. The fraction of sp³-hybridized carbons (Fsp3) is 0.0385. The number of nitrogens with zero attached hydrogens (tertiary/aromatic N) is 3. The van der Waals surface area contributed by atoms with E-state index in [4.69, 9.17) is 9.98 Å². The Morgan fingerprint density at radius 3 is 1.50 bits per heavy atom. The molecule has 1 N–H and O–H groups in total. The van der Waals surface area contributed by atoms with E-state index < -0.39 is 11.6 Å². The molecule has 4 nitrogen and oxygen atoms in total. The van der Waals surface area contributed by atoms with Crippen LogP contribution in [0.1, 0.15) is 27.8 Å². The Labute approximate surface area is 322 Å². The van der Waals surface area contributed by atoms with E-state index in [0.29, 0.717) is 0 Å². The average Bonchev–Trinajstić information content (AvgIpc) is 3.91. The molecule has 0 atom stereocenters. The molecule has 1 aliphatic heterocycles. The zero-order valence-electron chi connectivity index (χ0n) is 30.2. The van der Waals surface area contributed by atoms with Crippen molar-refractivity contribution in [2.24, 2.45) is 9.98 Å². The van der Waals surface area contributed by atoms with Gasteiger partial charge in [0.25, 0.3) is 0 Å². The number of rotatable bonds is 4. The Kier molecular flexibility index (Phi) is 5.85. The molecule has 0 amide bonds. The molecule has 0 saturated carbocycles. The van der Waals surface area contributed by atoms with Crippen LogP contribution in [0.3, 0.4) is 0 Å². The van der Waals surface area contributed by atoms with E-state index in [1.54, 1.807) is 0 Å².